The first-order chi connectivity index (χ1) is 7.86. The predicted octanol–water partition coefficient (Wildman–Crippen LogP) is 2.06. The number of rotatable bonds is 9. The van der Waals surface area contributed by atoms with Crippen molar-refractivity contribution in [3.63, 3.8) is 0 Å². The minimum Gasteiger partial charge on any atom is -0.489 e. The second-order valence-corrected chi connectivity index (χ2v) is 3.89. The van der Waals surface area contributed by atoms with E-state index in [1.165, 1.54) is 12.8 Å². The Balaban J connectivity index is 2.07. The van der Waals surface area contributed by atoms with Crippen molar-refractivity contribution >= 4 is 0 Å². The van der Waals surface area contributed by atoms with Gasteiger partial charge in [-0.3, -0.25) is 4.68 Å². The topological polar surface area (TPSA) is 39.1 Å². The molecule has 0 saturated carbocycles. The summed E-state index contributed by atoms with van der Waals surface area (Å²) in [7, 11) is 0. The third-order valence-electron chi connectivity index (χ3n) is 2.32. The second-order valence-electron chi connectivity index (χ2n) is 3.89. The molecule has 0 atom stereocenters. The van der Waals surface area contributed by atoms with Gasteiger partial charge in [0.1, 0.15) is 6.61 Å². The Bertz CT molecular complexity index is 273. The molecule has 1 heterocycles. The van der Waals surface area contributed by atoms with Crippen LogP contribution in [-0.4, -0.2) is 29.5 Å². The first-order valence-corrected chi connectivity index (χ1v) is 6.22. The molecule has 1 N–H and O–H groups in total. The third kappa shape index (κ3) is 5.16. The number of hydrogen-bond acceptors (Lipinski definition) is 3. The van der Waals surface area contributed by atoms with Crippen molar-refractivity contribution in [3.8, 4) is 5.75 Å². The van der Waals surface area contributed by atoms with Crippen molar-refractivity contribution < 1.29 is 4.74 Å². The number of nitrogens with one attached hydrogen (secondary N) is 1. The second kappa shape index (κ2) is 8.16. The Morgan fingerprint density at radius 1 is 1.31 bits per heavy atom. The summed E-state index contributed by atoms with van der Waals surface area (Å²) in [6.07, 6.45) is 7.29. The fraction of sp³-hybridized carbons (Fsp3) is 0.750. The molecule has 0 bridgehead atoms. The summed E-state index contributed by atoms with van der Waals surface area (Å²) in [5.74, 6) is 0.866. The van der Waals surface area contributed by atoms with Gasteiger partial charge in [0.15, 0.2) is 5.75 Å². The minimum atomic E-state index is 0.710. The van der Waals surface area contributed by atoms with Gasteiger partial charge in [-0.2, -0.15) is 5.10 Å². The van der Waals surface area contributed by atoms with E-state index in [1.807, 2.05) is 10.9 Å². The highest BCUT2D eigenvalue weighted by molar-refractivity contribution is 5.11. The van der Waals surface area contributed by atoms with Gasteiger partial charge in [0.2, 0.25) is 0 Å². The molecule has 0 saturated heterocycles. The van der Waals surface area contributed by atoms with Crippen molar-refractivity contribution in [3.05, 3.63) is 12.4 Å². The van der Waals surface area contributed by atoms with Gasteiger partial charge < -0.3 is 10.1 Å². The van der Waals surface area contributed by atoms with Crippen LogP contribution in [0.5, 0.6) is 5.75 Å². The maximum Gasteiger partial charge on any atom is 0.157 e. The molecule has 0 aromatic carbocycles. The number of aryl methyl sites for hydroxylation is 1. The fourth-order valence-electron chi connectivity index (χ4n) is 1.44. The summed E-state index contributed by atoms with van der Waals surface area (Å²) >= 11 is 0. The molecule has 0 aliphatic heterocycles. The summed E-state index contributed by atoms with van der Waals surface area (Å²) in [6.45, 7) is 7.98. The van der Waals surface area contributed by atoms with Crippen LogP contribution in [0.25, 0.3) is 0 Å². The highest BCUT2D eigenvalue weighted by Gasteiger charge is 1.97. The van der Waals surface area contributed by atoms with E-state index in [4.69, 9.17) is 4.74 Å². The average Bonchev–Trinajstić information content (AvgIpc) is 2.72. The van der Waals surface area contributed by atoms with E-state index < -0.39 is 0 Å². The molecule has 1 aromatic rings. The molecular weight excluding hydrogens is 202 g/mol. The maximum absolute atomic E-state index is 5.57. The molecule has 4 heteroatoms. The Morgan fingerprint density at radius 2 is 2.19 bits per heavy atom. The lowest BCUT2D eigenvalue weighted by Gasteiger charge is -2.04. The van der Waals surface area contributed by atoms with Crippen LogP contribution in [0.3, 0.4) is 0 Å². The fourth-order valence-corrected chi connectivity index (χ4v) is 1.44. The monoisotopic (exact) mass is 225 g/mol. The van der Waals surface area contributed by atoms with Gasteiger partial charge in [0.25, 0.3) is 0 Å². The lowest BCUT2D eigenvalue weighted by atomic mass is 10.3. The molecule has 16 heavy (non-hydrogen) atoms. The zero-order valence-corrected chi connectivity index (χ0v) is 10.4. The van der Waals surface area contributed by atoms with Crippen LogP contribution < -0.4 is 10.1 Å². The smallest absolute Gasteiger partial charge is 0.157 e. The summed E-state index contributed by atoms with van der Waals surface area (Å²) in [4.78, 5) is 0. The van der Waals surface area contributed by atoms with Crippen LogP contribution >= 0.6 is 0 Å². The van der Waals surface area contributed by atoms with Crippen molar-refractivity contribution in [1.82, 2.24) is 15.1 Å². The van der Waals surface area contributed by atoms with Crippen LogP contribution in [-0.2, 0) is 6.54 Å². The lowest BCUT2D eigenvalue weighted by Crippen LogP contribution is -2.21. The molecule has 1 aromatic heterocycles. The molecule has 4 nitrogen and oxygen atoms in total. The SMILES string of the molecule is CCCCNCCOc1cnn(CCC)c1. The van der Waals surface area contributed by atoms with E-state index in [1.54, 1.807) is 6.20 Å². The molecule has 1 rings (SSSR count). The molecule has 0 fully saturated rings. The van der Waals surface area contributed by atoms with Gasteiger partial charge in [-0.25, -0.2) is 0 Å². The van der Waals surface area contributed by atoms with E-state index in [2.05, 4.69) is 24.3 Å². The number of hydrogen-bond donors (Lipinski definition) is 1. The molecule has 0 radical (unpaired) electrons. The van der Waals surface area contributed by atoms with Crippen molar-refractivity contribution in [2.45, 2.75) is 39.7 Å². The molecule has 0 amide bonds. The summed E-state index contributed by atoms with van der Waals surface area (Å²) in [6, 6.07) is 0. The van der Waals surface area contributed by atoms with Crippen LogP contribution in [0.2, 0.25) is 0 Å². The van der Waals surface area contributed by atoms with Crippen LogP contribution in [0, 0.1) is 0 Å². The minimum absolute atomic E-state index is 0.710. The number of unbranched alkanes of at least 4 members (excludes halogenated alkanes) is 1. The van der Waals surface area contributed by atoms with E-state index >= 15 is 0 Å². The van der Waals surface area contributed by atoms with Crippen LogP contribution in [0.15, 0.2) is 12.4 Å². The van der Waals surface area contributed by atoms with Crippen molar-refractivity contribution in [1.29, 1.82) is 0 Å². The zero-order valence-electron chi connectivity index (χ0n) is 10.4. The predicted molar refractivity (Wildman–Crippen MR) is 65.8 cm³/mol. The first-order valence-electron chi connectivity index (χ1n) is 6.22. The summed E-state index contributed by atoms with van der Waals surface area (Å²) < 4.78 is 7.48. The lowest BCUT2D eigenvalue weighted by molar-refractivity contribution is 0.313. The Morgan fingerprint density at radius 3 is 2.94 bits per heavy atom. The average molecular weight is 225 g/mol. The Kier molecular flexibility index (Phi) is 6.65. The first kappa shape index (κ1) is 13.0. The van der Waals surface area contributed by atoms with Gasteiger partial charge in [-0.05, 0) is 19.4 Å². The quantitative estimate of drug-likeness (QED) is 0.654. The molecule has 0 aliphatic carbocycles. The van der Waals surface area contributed by atoms with Crippen molar-refractivity contribution in [2.24, 2.45) is 0 Å². The largest absolute Gasteiger partial charge is 0.489 e. The number of aromatic nitrogens is 2. The van der Waals surface area contributed by atoms with Gasteiger partial charge in [-0.15, -0.1) is 0 Å². The molecule has 92 valence electrons. The molecule has 0 unspecified atom stereocenters. The highest BCUT2D eigenvalue weighted by atomic mass is 16.5. The van der Waals surface area contributed by atoms with Gasteiger partial charge >= 0.3 is 0 Å². The molecule has 0 spiro atoms. The maximum atomic E-state index is 5.57. The summed E-state index contributed by atoms with van der Waals surface area (Å²) in [5, 5.41) is 7.54. The highest BCUT2D eigenvalue weighted by Crippen LogP contribution is 2.07. The van der Waals surface area contributed by atoms with Gasteiger partial charge in [0, 0.05) is 13.1 Å². The van der Waals surface area contributed by atoms with E-state index in [0.717, 1.165) is 31.8 Å². The molecule has 0 aliphatic rings. The van der Waals surface area contributed by atoms with Crippen molar-refractivity contribution in [2.75, 3.05) is 19.7 Å². The van der Waals surface area contributed by atoms with Gasteiger partial charge in [0.05, 0.1) is 12.4 Å². The van der Waals surface area contributed by atoms with Gasteiger partial charge in [-0.1, -0.05) is 20.3 Å². The standard InChI is InChI=1S/C12H23N3O/c1-3-5-6-13-7-9-16-12-10-14-15(11-12)8-4-2/h10-11,13H,3-9H2,1-2H3. The number of ether oxygens (including phenoxy) is 1. The molecular formula is C12H23N3O. The normalized spacial score (nSPS) is 10.6. The summed E-state index contributed by atoms with van der Waals surface area (Å²) in [5.41, 5.74) is 0. The van der Waals surface area contributed by atoms with E-state index in [0.29, 0.717) is 6.61 Å². The van der Waals surface area contributed by atoms with E-state index in [9.17, 15) is 0 Å². The van der Waals surface area contributed by atoms with Crippen LogP contribution in [0.1, 0.15) is 33.1 Å². The zero-order chi connectivity index (χ0) is 11.6. The Labute approximate surface area is 98.0 Å². The Hall–Kier alpha value is -1.03. The number of nitrogens with zero attached hydrogens (tertiary/aromatic N) is 2. The third-order valence-corrected chi connectivity index (χ3v) is 2.32. The van der Waals surface area contributed by atoms with E-state index in [-0.39, 0.29) is 0 Å². The van der Waals surface area contributed by atoms with Crippen LogP contribution in [0.4, 0.5) is 0 Å².